The second kappa shape index (κ2) is 7.81. The SMILES string of the molecule is CCCNCc1ccc(Oc2ccccc2Br)c(Br)c1. The lowest BCUT2D eigenvalue weighted by Crippen LogP contribution is -2.13. The lowest BCUT2D eigenvalue weighted by molar-refractivity contribution is 0.476. The zero-order chi connectivity index (χ0) is 14.4. The van der Waals surface area contributed by atoms with Crippen molar-refractivity contribution in [3.05, 3.63) is 57.0 Å². The van der Waals surface area contributed by atoms with Crippen LogP contribution < -0.4 is 10.1 Å². The van der Waals surface area contributed by atoms with Crippen molar-refractivity contribution in [2.45, 2.75) is 19.9 Å². The molecule has 106 valence electrons. The largest absolute Gasteiger partial charge is 0.455 e. The van der Waals surface area contributed by atoms with Crippen LogP contribution in [0.5, 0.6) is 11.5 Å². The molecule has 2 rings (SSSR count). The summed E-state index contributed by atoms with van der Waals surface area (Å²) in [6.45, 7) is 4.08. The molecule has 0 radical (unpaired) electrons. The zero-order valence-electron chi connectivity index (χ0n) is 11.3. The molecule has 0 saturated heterocycles. The number of rotatable bonds is 6. The number of hydrogen-bond acceptors (Lipinski definition) is 2. The summed E-state index contributed by atoms with van der Waals surface area (Å²) in [7, 11) is 0. The van der Waals surface area contributed by atoms with Crippen LogP contribution in [0.1, 0.15) is 18.9 Å². The molecule has 0 aromatic heterocycles. The van der Waals surface area contributed by atoms with Crippen molar-refractivity contribution in [3.8, 4) is 11.5 Å². The summed E-state index contributed by atoms with van der Waals surface area (Å²) >= 11 is 7.05. The number of para-hydroxylation sites is 1. The summed E-state index contributed by atoms with van der Waals surface area (Å²) in [4.78, 5) is 0. The van der Waals surface area contributed by atoms with Gasteiger partial charge in [0.25, 0.3) is 0 Å². The third-order valence-electron chi connectivity index (χ3n) is 2.81. The molecule has 20 heavy (non-hydrogen) atoms. The van der Waals surface area contributed by atoms with Gasteiger partial charge in [-0.3, -0.25) is 0 Å². The van der Waals surface area contributed by atoms with Gasteiger partial charge in [0.05, 0.1) is 8.95 Å². The second-order valence-electron chi connectivity index (χ2n) is 4.47. The average molecular weight is 399 g/mol. The van der Waals surface area contributed by atoms with Crippen LogP contribution in [0.25, 0.3) is 0 Å². The normalized spacial score (nSPS) is 10.6. The van der Waals surface area contributed by atoms with Gasteiger partial charge in [0.1, 0.15) is 11.5 Å². The van der Waals surface area contributed by atoms with Crippen molar-refractivity contribution in [2.24, 2.45) is 0 Å². The van der Waals surface area contributed by atoms with Gasteiger partial charge in [-0.25, -0.2) is 0 Å². The minimum Gasteiger partial charge on any atom is -0.455 e. The molecule has 2 aromatic carbocycles. The molecule has 0 saturated carbocycles. The van der Waals surface area contributed by atoms with Crippen molar-refractivity contribution in [3.63, 3.8) is 0 Å². The van der Waals surface area contributed by atoms with Gasteiger partial charge in [0.2, 0.25) is 0 Å². The van der Waals surface area contributed by atoms with E-state index in [4.69, 9.17) is 4.74 Å². The Hall–Kier alpha value is -0.840. The Bertz CT molecular complexity index is 572. The molecule has 0 aliphatic carbocycles. The molecule has 0 aliphatic rings. The first-order valence-electron chi connectivity index (χ1n) is 6.62. The maximum atomic E-state index is 5.91. The highest BCUT2D eigenvalue weighted by molar-refractivity contribution is 9.11. The zero-order valence-corrected chi connectivity index (χ0v) is 14.5. The molecule has 0 aliphatic heterocycles. The Morgan fingerprint density at radius 2 is 1.75 bits per heavy atom. The monoisotopic (exact) mass is 397 g/mol. The highest BCUT2D eigenvalue weighted by Gasteiger charge is 2.06. The van der Waals surface area contributed by atoms with Crippen LogP contribution in [0.15, 0.2) is 51.4 Å². The highest BCUT2D eigenvalue weighted by atomic mass is 79.9. The molecule has 1 N–H and O–H groups in total. The fourth-order valence-corrected chi connectivity index (χ4v) is 2.67. The van der Waals surface area contributed by atoms with Crippen LogP contribution in [0.3, 0.4) is 0 Å². The van der Waals surface area contributed by atoms with Crippen LogP contribution in [0.2, 0.25) is 0 Å². The number of nitrogens with one attached hydrogen (secondary N) is 1. The fraction of sp³-hybridized carbons (Fsp3) is 0.250. The van der Waals surface area contributed by atoms with E-state index in [0.29, 0.717) is 0 Å². The van der Waals surface area contributed by atoms with E-state index in [2.05, 4.69) is 56.2 Å². The van der Waals surface area contributed by atoms with E-state index >= 15 is 0 Å². The van der Waals surface area contributed by atoms with Crippen LogP contribution in [0.4, 0.5) is 0 Å². The number of halogens is 2. The standard InChI is InChI=1S/C16H17Br2NO/c1-2-9-19-11-12-7-8-16(14(18)10-12)20-15-6-4-3-5-13(15)17/h3-8,10,19H,2,9,11H2,1H3. The van der Waals surface area contributed by atoms with E-state index < -0.39 is 0 Å². The Kier molecular flexibility index (Phi) is 6.07. The molecule has 0 amide bonds. The topological polar surface area (TPSA) is 21.3 Å². The molecule has 0 spiro atoms. The Labute approximate surface area is 136 Å². The minimum absolute atomic E-state index is 0.810. The summed E-state index contributed by atoms with van der Waals surface area (Å²) in [5.41, 5.74) is 1.24. The Balaban J connectivity index is 2.08. The van der Waals surface area contributed by atoms with Gasteiger partial charge >= 0.3 is 0 Å². The third kappa shape index (κ3) is 4.33. The van der Waals surface area contributed by atoms with Crippen molar-refractivity contribution in [1.29, 1.82) is 0 Å². The summed E-state index contributed by atoms with van der Waals surface area (Å²) in [6.07, 6.45) is 1.14. The van der Waals surface area contributed by atoms with Gasteiger partial charge in [-0.15, -0.1) is 0 Å². The minimum atomic E-state index is 0.810. The van der Waals surface area contributed by atoms with E-state index in [0.717, 1.165) is 40.0 Å². The molecule has 4 heteroatoms. The van der Waals surface area contributed by atoms with Gasteiger partial charge in [-0.2, -0.15) is 0 Å². The predicted octanol–water partition coefficient (Wildman–Crippen LogP) is 5.50. The molecule has 0 atom stereocenters. The first-order valence-corrected chi connectivity index (χ1v) is 8.21. The van der Waals surface area contributed by atoms with Gasteiger partial charge in [-0.05, 0) is 74.7 Å². The summed E-state index contributed by atoms with van der Waals surface area (Å²) in [6, 6.07) is 14.0. The van der Waals surface area contributed by atoms with Gasteiger partial charge in [0, 0.05) is 6.54 Å². The highest BCUT2D eigenvalue weighted by Crippen LogP contribution is 2.34. The van der Waals surface area contributed by atoms with E-state index in [1.54, 1.807) is 0 Å². The third-order valence-corrected chi connectivity index (χ3v) is 4.08. The van der Waals surface area contributed by atoms with Gasteiger partial charge in [-0.1, -0.05) is 25.1 Å². The number of benzene rings is 2. The summed E-state index contributed by atoms with van der Waals surface area (Å²) in [5, 5.41) is 3.39. The van der Waals surface area contributed by atoms with Crippen molar-refractivity contribution < 1.29 is 4.74 Å². The van der Waals surface area contributed by atoms with E-state index in [-0.39, 0.29) is 0 Å². The Morgan fingerprint density at radius 1 is 1.00 bits per heavy atom. The molecule has 2 aromatic rings. The van der Waals surface area contributed by atoms with Crippen LogP contribution in [0, 0.1) is 0 Å². The first-order chi connectivity index (χ1) is 9.70. The summed E-state index contributed by atoms with van der Waals surface area (Å²) in [5.74, 6) is 1.63. The lowest BCUT2D eigenvalue weighted by atomic mass is 10.2. The van der Waals surface area contributed by atoms with E-state index in [1.165, 1.54) is 5.56 Å². The van der Waals surface area contributed by atoms with Crippen LogP contribution >= 0.6 is 31.9 Å². The maximum absolute atomic E-state index is 5.91. The average Bonchev–Trinajstić information content (AvgIpc) is 2.44. The molecular weight excluding hydrogens is 382 g/mol. The van der Waals surface area contributed by atoms with Gasteiger partial charge in [0.15, 0.2) is 0 Å². The molecule has 0 fully saturated rings. The predicted molar refractivity (Wildman–Crippen MR) is 90.4 cm³/mol. The van der Waals surface area contributed by atoms with Crippen molar-refractivity contribution in [1.82, 2.24) is 5.32 Å². The first kappa shape index (κ1) is 15.5. The van der Waals surface area contributed by atoms with E-state index in [9.17, 15) is 0 Å². The van der Waals surface area contributed by atoms with E-state index in [1.807, 2.05) is 30.3 Å². The molecular formula is C16H17Br2NO. The maximum Gasteiger partial charge on any atom is 0.141 e. The van der Waals surface area contributed by atoms with Crippen molar-refractivity contribution >= 4 is 31.9 Å². The molecule has 0 bridgehead atoms. The molecule has 2 nitrogen and oxygen atoms in total. The Morgan fingerprint density at radius 3 is 2.45 bits per heavy atom. The van der Waals surface area contributed by atoms with Gasteiger partial charge < -0.3 is 10.1 Å². The summed E-state index contributed by atoms with van der Waals surface area (Å²) < 4.78 is 7.81. The van der Waals surface area contributed by atoms with Crippen LogP contribution in [-0.4, -0.2) is 6.54 Å². The number of ether oxygens (including phenoxy) is 1. The lowest BCUT2D eigenvalue weighted by Gasteiger charge is -2.11. The quantitative estimate of drug-likeness (QED) is 0.648. The van der Waals surface area contributed by atoms with Crippen LogP contribution in [-0.2, 0) is 6.54 Å². The smallest absolute Gasteiger partial charge is 0.141 e. The molecule has 0 heterocycles. The number of hydrogen-bond donors (Lipinski definition) is 1. The molecule has 0 unspecified atom stereocenters. The second-order valence-corrected chi connectivity index (χ2v) is 6.18. The van der Waals surface area contributed by atoms with Crippen molar-refractivity contribution in [2.75, 3.05) is 6.54 Å². The fourth-order valence-electron chi connectivity index (χ4n) is 1.79.